The molecule has 200 valence electrons. The van der Waals surface area contributed by atoms with Gasteiger partial charge in [0.05, 0.1) is 30.8 Å². The van der Waals surface area contributed by atoms with Gasteiger partial charge in [0.15, 0.2) is 0 Å². The third-order valence-electron chi connectivity index (χ3n) is 7.11. The molecule has 0 spiro atoms. The quantitative estimate of drug-likeness (QED) is 0.342. The largest absolute Gasteiger partial charge is 0.444 e. The fourth-order valence-corrected chi connectivity index (χ4v) is 5.19. The molecule has 1 saturated heterocycles. The molecule has 0 bridgehead atoms. The minimum absolute atomic E-state index is 0.0556. The van der Waals surface area contributed by atoms with Gasteiger partial charge in [-0.15, -0.1) is 0 Å². The van der Waals surface area contributed by atoms with Gasteiger partial charge in [-0.3, -0.25) is 20.0 Å². The van der Waals surface area contributed by atoms with E-state index in [4.69, 9.17) is 9.57 Å². The summed E-state index contributed by atoms with van der Waals surface area (Å²) in [4.78, 5) is 36.9. The number of nitrogens with zero attached hydrogens (tertiary/aromatic N) is 3. The Kier molecular flexibility index (Phi) is 9.24. The summed E-state index contributed by atoms with van der Waals surface area (Å²) >= 11 is 0. The zero-order chi connectivity index (χ0) is 26.2. The summed E-state index contributed by atoms with van der Waals surface area (Å²) in [5, 5.41) is 9.46. The van der Waals surface area contributed by atoms with E-state index in [-0.39, 0.29) is 24.6 Å². The van der Waals surface area contributed by atoms with Gasteiger partial charge in [0.25, 0.3) is 5.91 Å². The van der Waals surface area contributed by atoms with Crippen molar-refractivity contribution in [2.75, 3.05) is 55.2 Å². The van der Waals surface area contributed by atoms with Crippen LogP contribution < -0.4 is 15.3 Å². The standard InChI is InChI=1S/C28H38N4O5/c1-3-4-7-14-31(17-18-33)27(34)21-10-11-26(24(19-21)29-36-2)30-15-12-23(13-16-30)32-25-9-6-5-8-22(25)20-37-28(32)35/h5-6,8-11,19,23,29,33H,3-4,7,12-18,20H2,1-2H3. The molecule has 0 aliphatic carbocycles. The number of amides is 2. The van der Waals surface area contributed by atoms with Crippen LogP contribution in [0, 0.1) is 0 Å². The number of aliphatic hydroxyl groups is 1. The van der Waals surface area contributed by atoms with Crippen molar-refractivity contribution >= 4 is 29.1 Å². The Morgan fingerprint density at radius 1 is 1.14 bits per heavy atom. The third kappa shape index (κ3) is 6.17. The first-order chi connectivity index (χ1) is 18.1. The molecule has 2 aliphatic heterocycles. The number of piperidine rings is 1. The number of hydrogen-bond acceptors (Lipinski definition) is 7. The summed E-state index contributed by atoms with van der Waals surface area (Å²) in [7, 11) is 1.55. The van der Waals surface area contributed by atoms with Crippen LogP contribution in [0.25, 0.3) is 0 Å². The molecular formula is C28H38N4O5. The van der Waals surface area contributed by atoms with Crippen LogP contribution in [0.5, 0.6) is 0 Å². The van der Waals surface area contributed by atoms with Gasteiger partial charge in [-0.2, -0.15) is 0 Å². The molecule has 2 aliphatic rings. The number of ether oxygens (including phenoxy) is 1. The lowest BCUT2D eigenvalue weighted by molar-refractivity contribution is 0.0718. The number of cyclic esters (lactones) is 1. The van der Waals surface area contributed by atoms with Gasteiger partial charge >= 0.3 is 6.09 Å². The predicted octanol–water partition coefficient (Wildman–Crippen LogP) is 4.41. The lowest BCUT2D eigenvalue weighted by Gasteiger charge is -2.41. The number of para-hydroxylation sites is 1. The molecule has 9 heteroatoms. The number of unbranched alkanes of at least 4 members (excludes halogenated alkanes) is 2. The van der Waals surface area contributed by atoms with Crippen molar-refractivity contribution in [2.24, 2.45) is 0 Å². The van der Waals surface area contributed by atoms with Crippen LogP contribution in [0.1, 0.15) is 54.9 Å². The van der Waals surface area contributed by atoms with Gasteiger partial charge in [0.1, 0.15) is 6.61 Å². The Morgan fingerprint density at radius 2 is 1.92 bits per heavy atom. The van der Waals surface area contributed by atoms with Crippen LogP contribution >= 0.6 is 0 Å². The van der Waals surface area contributed by atoms with Gasteiger partial charge in [-0.05, 0) is 43.5 Å². The number of hydrogen-bond donors (Lipinski definition) is 2. The highest BCUT2D eigenvalue weighted by molar-refractivity contribution is 5.96. The van der Waals surface area contributed by atoms with Crippen molar-refractivity contribution in [3.8, 4) is 0 Å². The highest BCUT2D eigenvalue weighted by Gasteiger charge is 2.34. The lowest BCUT2D eigenvalue weighted by Crippen LogP contribution is -2.49. The average Bonchev–Trinajstić information content (AvgIpc) is 2.92. The van der Waals surface area contributed by atoms with Crippen molar-refractivity contribution in [2.45, 2.75) is 51.7 Å². The second-order valence-electron chi connectivity index (χ2n) is 9.53. The molecular weight excluding hydrogens is 472 g/mol. The Morgan fingerprint density at radius 3 is 2.65 bits per heavy atom. The summed E-state index contributed by atoms with van der Waals surface area (Å²) in [6, 6.07) is 13.6. The lowest BCUT2D eigenvalue weighted by atomic mass is 9.99. The van der Waals surface area contributed by atoms with Crippen molar-refractivity contribution in [3.05, 3.63) is 53.6 Å². The molecule has 0 unspecified atom stereocenters. The van der Waals surface area contributed by atoms with E-state index in [9.17, 15) is 14.7 Å². The second kappa shape index (κ2) is 12.8. The van der Waals surface area contributed by atoms with E-state index in [2.05, 4.69) is 17.3 Å². The maximum absolute atomic E-state index is 13.2. The smallest absolute Gasteiger partial charge is 0.414 e. The van der Waals surface area contributed by atoms with E-state index in [1.807, 2.05) is 42.5 Å². The summed E-state index contributed by atoms with van der Waals surface area (Å²) < 4.78 is 5.43. The number of nitrogens with one attached hydrogen (secondary N) is 1. The number of rotatable bonds is 11. The Balaban J connectivity index is 1.47. The second-order valence-corrected chi connectivity index (χ2v) is 9.53. The SMILES string of the molecule is CCCCCN(CCO)C(=O)c1ccc(N2CCC(N3C(=O)OCc4ccccc43)CC2)c(NOC)c1. The zero-order valence-corrected chi connectivity index (χ0v) is 21.8. The third-order valence-corrected chi connectivity index (χ3v) is 7.11. The fourth-order valence-electron chi connectivity index (χ4n) is 5.19. The van der Waals surface area contributed by atoms with Crippen LogP contribution in [-0.2, 0) is 16.2 Å². The molecule has 4 rings (SSSR count). The van der Waals surface area contributed by atoms with E-state index in [1.165, 1.54) is 0 Å². The van der Waals surface area contributed by atoms with Crippen LogP contribution in [-0.4, -0.2) is 67.9 Å². The number of benzene rings is 2. The van der Waals surface area contributed by atoms with Gasteiger partial charge in [0, 0.05) is 43.3 Å². The number of carbonyl (C=O) groups is 2. The zero-order valence-electron chi connectivity index (χ0n) is 21.8. The molecule has 2 heterocycles. The maximum atomic E-state index is 13.2. The van der Waals surface area contributed by atoms with Gasteiger partial charge in [-0.25, -0.2) is 4.79 Å². The van der Waals surface area contributed by atoms with Crippen molar-refractivity contribution in [3.63, 3.8) is 0 Å². The molecule has 2 aromatic carbocycles. The molecule has 2 N–H and O–H groups in total. The van der Waals surface area contributed by atoms with Crippen molar-refractivity contribution in [1.82, 2.24) is 4.90 Å². The number of carbonyl (C=O) groups excluding carboxylic acids is 2. The van der Waals surface area contributed by atoms with E-state index in [1.54, 1.807) is 16.9 Å². The first-order valence-corrected chi connectivity index (χ1v) is 13.2. The molecule has 37 heavy (non-hydrogen) atoms. The Labute approximate surface area is 218 Å². The normalized spacial score (nSPS) is 15.8. The molecule has 0 atom stereocenters. The first-order valence-electron chi connectivity index (χ1n) is 13.2. The Hall–Kier alpha value is -3.30. The molecule has 2 aromatic rings. The topological polar surface area (TPSA) is 94.6 Å². The van der Waals surface area contributed by atoms with Gasteiger partial charge in [-0.1, -0.05) is 38.0 Å². The van der Waals surface area contributed by atoms with E-state index in [0.717, 1.165) is 62.1 Å². The van der Waals surface area contributed by atoms with Gasteiger partial charge in [0.2, 0.25) is 0 Å². The first kappa shape index (κ1) is 26.8. The van der Waals surface area contributed by atoms with E-state index < -0.39 is 0 Å². The fraction of sp³-hybridized carbons (Fsp3) is 0.500. The molecule has 2 amide bonds. The van der Waals surface area contributed by atoms with Crippen LogP contribution in [0.4, 0.5) is 21.9 Å². The summed E-state index contributed by atoms with van der Waals surface area (Å²) in [5.74, 6) is -0.100. The summed E-state index contributed by atoms with van der Waals surface area (Å²) in [6.45, 7) is 4.80. The monoisotopic (exact) mass is 510 g/mol. The van der Waals surface area contributed by atoms with Crippen molar-refractivity contribution < 1.29 is 24.3 Å². The highest BCUT2D eigenvalue weighted by atomic mass is 16.6. The molecule has 0 radical (unpaired) electrons. The molecule has 1 fully saturated rings. The summed E-state index contributed by atoms with van der Waals surface area (Å²) in [6.07, 6.45) is 4.32. The number of fused-ring (bicyclic) bond motifs is 1. The van der Waals surface area contributed by atoms with Crippen LogP contribution in [0.3, 0.4) is 0 Å². The van der Waals surface area contributed by atoms with Gasteiger partial charge < -0.3 is 19.6 Å². The van der Waals surface area contributed by atoms with E-state index in [0.29, 0.717) is 30.9 Å². The number of aliphatic hydroxyl groups excluding tert-OH is 1. The minimum atomic E-state index is -0.284. The van der Waals surface area contributed by atoms with Crippen LogP contribution in [0.15, 0.2) is 42.5 Å². The van der Waals surface area contributed by atoms with Crippen LogP contribution in [0.2, 0.25) is 0 Å². The van der Waals surface area contributed by atoms with Crippen molar-refractivity contribution in [1.29, 1.82) is 0 Å². The molecule has 0 aromatic heterocycles. The predicted molar refractivity (Wildman–Crippen MR) is 144 cm³/mol. The van der Waals surface area contributed by atoms with E-state index >= 15 is 0 Å². The maximum Gasteiger partial charge on any atom is 0.414 e. The Bertz CT molecular complexity index is 1070. The summed E-state index contributed by atoms with van der Waals surface area (Å²) in [5.41, 5.74) is 7.12. The molecule has 0 saturated carbocycles. The average molecular weight is 511 g/mol. The number of anilines is 3. The minimum Gasteiger partial charge on any atom is -0.444 e. The molecule has 9 nitrogen and oxygen atoms in total. The highest BCUT2D eigenvalue weighted by Crippen LogP contribution is 2.35.